The van der Waals surface area contributed by atoms with Gasteiger partial charge in [-0.2, -0.15) is 0 Å². The molecule has 2 rings (SSSR count). The molecule has 0 saturated carbocycles. The molecular formula is C16H17BrFN. The highest BCUT2D eigenvalue weighted by molar-refractivity contribution is 9.10. The van der Waals surface area contributed by atoms with Crippen LogP contribution in [0.2, 0.25) is 0 Å². The van der Waals surface area contributed by atoms with Gasteiger partial charge in [0.25, 0.3) is 0 Å². The van der Waals surface area contributed by atoms with Gasteiger partial charge in [0.1, 0.15) is 5.82 Å². The minimum absolute atomic E-state index is 0.188. The van der Waals surface area contributed by atoms with Crippen LogP contribution in [0.3, 0.4) is 0 Å². The first-order valence-electron chi connectivity index (χ1n) is 6.46. The van der Waals surface area contributed by atoms with Gasteiger partial charge >= 0.3 is 0 Å². The van der Waals surface area contributed by atoms with E-state index in [1.54, 1.807) is 6.07 Å². The fraction of sp³-hybridized carbons (Fsp3) is 0.250. The summed E-state index contributed by atoms with van der Waals surface area (Å²) in [6, 6.07) is 13.0. The molecule has 0 spiro atoms. The normalized spacial score (nSPS) is 10.7. The second-order valence-electron chi connectivity index (χ2n) is 4.49. The molecule has 0 bridgehead atoms. The third-order valence-electron chi connectivity index (χ3n) is 2.95. The lowest BCUT2D eigenvalue weighted by atomic mass is 9.99. The third kappa shape index (κ3) is 3.88. The second-order valence-corrected chi connectivity index (χ2v) is 5.40. The van der Waals surface area contributed by atoms with Crippen molar-refractivity contribution in [3.63, 3.8) is 0 Å². The van der Waals surface area contributed by atoms with Crippen molar-refractivity contribution in [3.8, 4) is 11.1 Å². The van der Waals surface area contributed by atoms with E-state index in [2.05, 4.69) is 34.2 Å². The molecule has 3 heteroatoms. The van der Waals surface area contributed by atoms with Crippen LogP contribution in [0.4, 0.5) is 4.39 Å². The van der Waals surface area contributed by atoms with Crippen LogP contribution >= 0.6 is 15.9 Å². The Bertz CT molecular complexity index is 554. The fourth-order valence-corrected chi connectivity index (χ4v) is 2.45. The van der Waals surface area contributed by atoms with E-state index in [9.17, 15) is 4.39 Å². The van der Waals surface area contributed by atoms with Crippen molar-refractivity contribution < 1.29 is 4.39 Å². The molecule has 0 saturated heterocycles. The molecule has 0 radical (unpaired) electrons. The summed E-state index contributed by atoms with van der Waals surface area (Å²) in [5.41, 5.74) is 3.17. The van der Waals surface area contributed by atoms with Crippen molar-refractivity contribution >= 4 is 15.9 Å². The Morgan fingerprint density at radius 3 is 2.74 bits per heavy atom. The highest BCUT2D eigenvalue weighted by Crippen LogP contribution is 2.27. The van der Waals surface area contributed by atoms with Crippen molar-refractivity contribution in [2.24, 2.45) is 0 Å². The number of halogens is 2. The Morgan fingerprint density at radius 1 is 1.16 bits per heavy atom. The molecule has 0 fully saturated rings. The third-order valence-corrected chi connectivity index (χ3v) is 3.44. The molecule has 0 unspecified atom stereocenters. The molecule has 2 aromatic rings. The Morgan fingerprint density at radius 2 is 2.00 bits per heavy atom. The van der Waals surface area contributed by atoms with Crippen molar-refractivity contribution in [2.45, 2.75) is 19.9 Å². The van der Waals surface area contributed by atoms with Crippen LogP contribution in [0.1, 0.15) is 18.9 Å². The summed E-state index contributed by atoms with van der Waals surface area (Å²) in [5, 5.41) is 3.32. The smallest absolute Gasteiger partial charge is 0.123 e. The Hall–Kier alpha value is -1.19. The first kappa shape index (κ1) is 14.2. The van der Waals surface area contributed by atoms with Gasteiger partial charge in [0.2, 0.25) is 0 Å². The van der Waals surface area contributed by atoms with E-state index in [0.29, 0.717) is 6.54 Å². The minimum atomic E-state index is -0.188. The molecule has 0 amide bonds. The number of hydrogen-bond donors (Lipinski definition) is 1. The van der Waals surface area contributed by atoms with Crippen molar-refractivity contribution in [2.75, 3.05) is 6.54 Å². The first-order valence-corrected chi connectivity index (χ1v) is 7.25. The highest BCUT2D eigenvalue weighted by Gasteiger charge is 2.06. The van der Waals surface area contributed by atoms with E-state index in [0.717, 1.165) is 34.1 Å². The van der Waals surface area contributed by atoms with Gasteiger partial charge in [-0.3, -0.25) is 0 Å². The molecule has 0 aliphatic rings. The SMILES string of the molecule is CCCNCc1cc(F)ccc1-c1cccc(Br)c1. The standard InChI is InChI=1S/C16H17BrFN/c1-2-8-19-11-13-10-15(18)6-7-16(13)12-4-3-5-14(17)9-12/h3-7,9-10,19H,2,8,11H2,1H3. The number of rotatable bonds is 5. The molecular weight excluding hydrogens is 305 g/mol. The monoisotopic (exact) mass is 321 g/mol. The molecule has 1 nitrogen and oxygen atoms in total. The van der Waals surface area contributed by atoms with Crippen LogP contribution in [-0.2, 0) is 6.54 Å². The van der Waals surface area contributed by atoms with Crippen LogP contribution < -0.4 is 5.32 Å². The molecule has 0 atom stereocenters. The maximum Gasteiger partial charge on any atom is 0.123 e. The van der Waals surface area contributed by atoms with Crippen LogP contribution in [-0.4, -0.2) is 6.54 Å². The van der Waals surface area contributed by atoms with Crippen molar-refractivity contribution in [1.82, 2.24) is 5.32 Å². The minimum Gasteiger partial charge on any atom is -0.313 e. The van der Waals surface area contributed by atoms with Gasteiger partial charge in [0.15, 0.2) is 0 Å². The predicted octanol–water partition coefficient (Wildman–Crippen LogP) is 4.75. The lowest BCUT2D eigenvalue weighted by Gasteiger charge is -2.11. The van der Waals surface area contributed by atoms with Gasteiger partial charge in [-0.25, -0.2) is 4.39 Å². The van der Waals surface area contributed by atoms with E-state index >= 15 is 0 Å². The zero-order chi connectivity index (χ0) is 13.7. The maximum absolute atomic E-state index is 13.4. The van der Waals surface area contributed by atoms with E-state index in [1.165, 1.54) is 6.07 Å². The van der Waals surface area contributed by atoms with Crippen LogP contribution in [0.25, 0.3) is 11.1 Å². The largest absolute Gasteiger partial charge is 0.313 e. The van der Waals surface area contributed by atoms with Crippen LogP contribution in [0.5, 0.6) is 0 Å². The van der Waals surface area contributed by atoms with Gasteiger partial charge < -0.3 is 5.32 Å². The van der Waals surface area contributed by atoms with E-state index in [4.69, 9.17) is 0 Å². The summed E-state index contributed by atoms with van der Waals surface area (Å²) in [6.07, 6.45) is 1.07. The molecule has 0 heterocycles. The summed E-state index contributed by atoms with van der Waals surface area (Å²) >= 11 is 3.47. The van der Waals surface area contributed by atoms with E-state index < -0.39 is 0 Å². The fourth-order valence-electron chi connectivity index (χ4n) is 2.05. The quantitative estimate of drug-likeness (QED) is 0.783. The van der Waals surface area contributed by atoms with Gasteiger partial charge in [-0.05, 0) is 53.9 Å². The van der Waals surface area contributed by atoms with E-state index in [1.807, 2.05) is 24.3 Å². The molecule has 100 valence electrons. The molecule has 2 aromatic carbocycles. The number of benzene rings is 2. The Labute approximate surface area is 122 Å². The first-order chi connectivity index (χ1) is 9.20. The van der Waals surface area contributed by atoms with Crippen molar-refractivity contribution in [3.05, 3.63) is 58.3 Å². The average Bonchev–Trinajstić information content (AvgIpc) is 2.39. The molecule has 0 aromatic heterocycles. The van der Waals surface area contributed by atoms with Gasteiger partial charge in [-0.15, -0.1) is 0 Å². The number of hydrogen-bond acceptors (Lipinski definition) is 1. The lowest BCUT2D eigenvalue weighted by molar-refractivity contribution is 0.619. The maximum atomic E-state index is 13.4. The summed E-state index contributed by atoms with van der Waals surface area (Å²) < 4.78 is 14.4. The summed E-state index contributed by atoms with van der Waals surface area (Å²) in [5.74, 6) is -0.188. The van der Waals surface area contributed by atoms with Gasteiger partial charge in [0.05, 0.1) is 0 Å². The average molecular weight is 322 g/mol. The van der Waals surface area contributed by atoms with E-state index in [-0.39, 0.29) is 5.82 Å². The second kappa shape index (κ2) is 6.83. The summed E-state index contributed by atoms with van der Waals surface area (Å²) in [4.78, 5) is 0. The zero-order valence-electron chi connectivity index (χ0n) is 10.9. The molecule has 1 N–H and O–H groups in total. The predicted molar refractivity (Wildman–Crippen MR) is 81.5 cm³/mol. The van der Waals surface area contributed by atoms with Gasteiger partial charge in [0, 0.05) is 11.0 Å². The van der Waals surface area contributed by atoms with Crippen LogP contribution in [0.15, 0.2) is 46.9 Å². The highest BCUT2D eigenvalue weighted by atomic mass is 79.9. The summed E-state index contributed by atoms with van der Waals surface area (Å²) in [6.45, 7) is 3.75. The zero-order valence-corrected chi connectivity index (χ0v) is 12.5. The van der Waals surface area contributed by atoms with Crippen LogP contribution in [0, 0.1) is 5.82 Å². The topological polar surface area (TPSA) is 12.0 Å². The lowest BCUT2D eigenvalue weighted by Crippen LogP contribution is -2.14. The Kier molecular flexibility index (Phi) is 5.11. The molecule has 0 aliphatic heterocycles. The number of nitrogens with one attached hydrogen (secondary N) is 1. The van der Waals surface area contributed by atoms with Gasteiger partial charge in [-0.1, -0.05) is 41.1 Å². The molecule has 19 heavy (non-hydrogen) atoms. The molecule has 0 aliphatic carbocycles. The summed E-state index contributed by atoms with van der Waals surface area (Å²) in [7, 11) is 0. The van der Waals surface area contributed by atoms with Crippen molar-refractivity contribution in [1.29, 1.82) is 0 Å². The Balaban J connectivity index is 2.33.